The molecule has 2 rings (SSSR count). The molecule has 104 valence electrons. The highest BCUT2D eigenvalue weighted by Gasteiger charge is 2.12. The van der Waals surface area contributed by atoms with E-state index in [0.717, 1.165) is 17.7 Å². The molecule has 2 nitrogen and oxygen atoms in total. The van der Waals surface area contributed by atoms with Gasteiger partial charge in [0.15, 0.2) is 0 Å². The minimum absolute atomic E-state index is 0.162. The first-order valence-corrected chi connectivity index (χ1v) is 6.35. The predicted octanol–water partition coefficient (Wildman–Crippen LogP) is 3.29. The number of aryl methyl sites for hydroxylation is 1. The molecule has 0 aliphatic rings. The van der Waals surface area contributed by atoms with Crippen LogP contribution in [0.3, 0.4) is 0 Å². The van der Waals surface area contributed by atoms with Gasteiger partial charge in [-0.2, -0.15) is 0 Å². The van der Waals surface area contributed by atoms with Gasteiger partial charge in [-0.3, -0.25) is 4.79 Å². The summed E-state index contributed by atoms with van der Waals surface area (Å²) in [6.45, 7) is 0. The molecule has 0 aromatic heterocycles. The Kier molecular flexibility index (Phi) is 4.45. The fraction of sp³-hybridized carbons (Fsp3) is 0.188. The van der Waals surface area contributed by atoms with Gasteiger partial charge in [-0.15, -0.1) is 0 Å². The number of benzene rings is 2. The Morgan fingerprint density at radius 2 is 1.70 bits per heavy atom. The molecule has 0 heterocycles. The highest BCUT2D eigenvalue weighted by atomic mass is 19.1. The minimum Gasteiger partial charge on any atom is -0.399 e. The number of halogens is 2. The van der Waals surface area contributed by atoms with Crippen molar-refractivity contribution in [1.82, 2.24) is 0 Å². The van der Waals surface area contributed by atoms with Gasteiger partial charge >= 0.3 is 0 Å². The number of Topliss-reactive ketones (excluding diaryl/α,β-unsaturated/α-hetero) is 1. The molecule has 0 amide bonds. The number of rotatable bonds is 5. The minimum atomic E-state index is -0.678. The zero-order chi connectivity index (χ0) is 14.5. The second-order valence-electron chi connectivity index (χ2n) is 4.66. The van der Waals surface area contributed by atoms with Gasteiger partial charge < -0.3 is 5.73 Å². The van der Waals surface area contributed by atoms with Crippen LogP contribution in [-0.2, 0) is 17.6 Å². The fourth-order valence-electron chi connectivity index (χ4n) is 2.02. The number of hydrogen-bond acceptors (Lipinski definition) is 2. The molecule has 0 fully saturated rings. The average molecular weight is 275 g/mol. The van der Waals surface area contributed by atoms with Gasteiger partial charge in [-0.05, 0) is 36.2 Å². The Morgan fingerprint density at radius 1 is 1.05 bits per heavy atom. The summed E-state index contributed by atoms with van der Waals surface area (Å²) in [7, 11) is 0. The molecule has 0 spiro atoms. The Morgan fingerprint density at radius 3 is 2.35 bits per heavy atom. The number of nitrogens with two attached hydrogens (primary N) is 1. The Labute approximate surface area is 116 Å². The summed E-state index contributed by atoms with van der Waals surface area (Å²) >= 11 is 0. The van der Waals surface area contributed by atoms with Crippen LogP contribution in [0, 0.1) is 11.6 Å². The Bertz CT molecular complexity index is 605. The van der Waals surface area contributed by atoms with E-state index in [1.165, 1.54) is 6.07 Å². The topological polar surface area (TPSA) is 43.1 Å². The Hall–Kier alpha value is -2.23. The first-order valence-electron chi connectivity index (χ1n) is 6.35. The Balaban J connectivity index is 1.96. The maximum absolute atomic E-state index is 13.4. The molecule has 2 aromatic rings. The lowest BCUT2D eigenvalue weighted by molar-refractivity contribution is -0.118. The van der Waals surface area contributed by atoms with Gasteiger partial charge in [-0.25, -0.2) is 8.78 Å². The lowest BCUT2D eigenvalue weighted by atomic mass is 10.0. The van der Waals surface area contributed by atoms with Crippen molar-refractivity contribution in [1.29, 1.82) is 0 Å². The third kappa shape index (κ3) is 3.63. The lowest BCUT2D eigenvalue weighted by Gasteiger charge is -2.05. The highest BCUT2D eigenvalue weighted by Crippen LogP contribution is 2.15. The standard InChI is InChI=1S/C16H15F2NO/c17-15-5-2-6-16(18)14(15)10-13(20)8-7-11-3-1-4-12(19)9-11/h1-6,9H,7-8,10,19H2. The zero-order valence-electron chi connectivity index (χ0n) is 10.9. The van der Waals surface area contributed by atoms with E-state index in [2.05, 4.69) is 0 Å². The van der Waals surface area contributed by atoms with Crippen LogP contribution in [0.1, 0.15) is 17.5 Å². The van der Waals surface area contributed by atoms with Crippen LogP contribution >= 0.6 is 0 Å². The molecular weight excluding hydrogens is 260 g/mol. The first-order chi connectivity index (χ1) is 9.56. The first kappa shape index (κ1) is 14.2. The molecule has 0 saturated carbocycles. The van der Waals surface area contributed by atoms with Gasteiger partial charge in [0.05, 0.1) is 0 Å². The number of hydrogen-bond donors (Lipinski definition) is 1. The highest BCUT2D eigenvalue weighted by molar-refractivity contribution is 5.81. The summed E-state index contributed by atoms with van der Waals surface area (Å²) in [6, 6.07) is 10.8. The van der Waals surface area contributed by atoms with Crippen LogP contribution < -0.4 is 5.73 Å². The second kappa shape index (κ2) is 6.28. The summed E-state index contributed by atoms with van der Waals surface area (Å²) in [5, 5.41) is 0. The lowest BCUT2D eigenvalue weighted by Crippen LogP contribution is -2.08. The molecule has 0 unspecified atom stereocenters. The predicted molar refractivity (Wildman–Crippen MR) is 74.2 cm³/mol. The molecule has 0 saturated heterocycles. The van der Waals surface area contributed by atoms with Crippen molar-refractivity contribution in [3.05, 3.63) is 65.2 Å². The average Bonchev–Trinajstić information content (AvgIpc) is 2.41. The number of carbonyl (C=O) groups is 1. The molecule has 20 heavy (non-hydrogen) atoms. The van der Waals surface area contributed by atoms with E-state index in [0.29, 0.717) is 12.1 Å². The third-order valence-electron chi connectivity index (χ3n) is 3.08. The van der Waals surface area contributed by atoms with Gasteiger partial charge in [0.25, 0.3) is 0 Å². The van der Waals surface area contributed by atoms with Crippen molar-refractivity contribution in [3.8, 4) is 0 Å². The number of nitrogen functional groups attached to an aromatic ring is 1. The van der Waals surface area contributed by atoms with E-state index in [1.807, 2.05) is 12.1 Å². The van der Waals surface area contributed by atoms with Crippen molar-refractivity contribution in [3.63, 3.8) is 0 Å². The van der Waals surface area contributed by atoms with Crippen molar-refractivity contribution < 1.29 is 13.6 Å². The van der Waals surface area contributed by atoms with Crippen molar-refractivity contribution in [2.45, 2.75) is 19.3 Å². The van der Waals surface area contributed by atoms with E-state index < -0.39 is 11.6 Å². The summed E-state index contributed by atoms with van der Waals surface area (Å²) in [5.74, 6) is -1.55. The molecule has 0 atom stereocenters. The summed E-state index contributed by atoms with van der Waals surface area (Å²) in [6.07, 6.45) is 0.526. The monoisotopic (exact) mass is 275 g/mol. The summed E-state index contributed by atoms with van der Waals surface area (Å²) < 4.78 is 26.8. The smallest absolute Gasteiger partial charge is 0.137 e. The normalized spacial score (nSPS) is 10.5. The van der Waals surface area contributed by atoms with Crippen molar-refractivity contribution in [2.75, 3.05) is 5.73 Å². The van der Waals surface area contributed by atoms with E-state index in [9.17, 15) is 13.6 Å². The molecule has 0 aliphatic heterocycles. The van der Waals surface area contributed by atoms with Gasteiger partial charge in [-0.1, -0.05) is 18.2 Å². The van der Waals surface area contributed by atoms with Crippen molar-refractivity contribution in [2.24, 2.45) is 0 Å². The number of carbonyl (C=O) groups excluding carboxylic acids is 1. The second-order valence-corrected chi connectivity index (χ2v) is 4.66. The van der Waals surface area contributed by atoms with Crippen LogP contribution in [0.25, 0.3) is 0 Å². The SMILES string of the molecule is Nc1cccc(CCC(=O)Cc2c(F)cccc2F)c1. The van der Waals surface area contributed by atoms with E-state index in [4.69, 9.17) is 5.73 Å². The zero-order valence-corrected chi connectivity index (χ0v) is 10.9. The van der Waals surface area contributed by atoms with Crippen LogP contribution in [0.2, 0.25) is 0 Å². The number of ketones is 1. The summed E-state index contributed by atoms with van der Waals surface area (Å²) in [4.78, 5) is 11.8. The van der Waals surface area contributed by atoms with Crippen LogP contribution in [0.5, 0.6) is 0 Å². The van der Waals surface area contributed by atoms with E-state index >= 15 is 0 Å². The van der Waals surface area contributed by atoms with Gasteiger partial charge in [0, 0.05) is 24.1 Å². The van der Waals surface area contributed by atoms with Crippen LogP contribution in [-0.4, -0.2) is 5.78 Å². The maximum Gasteiger partial charge on any atom is 0.137 e. The molecule has 4 heteroatoms. The molecule has 0 aliphatic carbocycles. The molecule has 2 N–H and O–H groups in total. The summed E-state index contributed by atoms with van der Waals surface area (Å²) in [5.41, 5.74) is 7.05. The molecule has 0 radical (unpaired) electrons. The maximum atomic E-state index is 13.4. The van der Waals surface area contributed by atoms with Gasteiger partial charge in [0.2, 0.25) is 0 Å². The van der Waals surface area contributed by atoms with E-state index in [1.54, 1.807) is 12.1 Å². The molecule has 0 bridgehead atoms. The third-order valence-corrected chi connectivity index (χ3v) is 3.08. The van der Waals surface area contributed by atoms with Gasteiger partial charge in [0.1, 0.15) is 17.4 Å². The largest absolute Gasteiger partial charge is 0.399 e. The van der Waals surface area contributed by atoms with Crippen LogP contribution in [0.15, 0.2) is 42.5 Å². The number of anilines is 1. The molecule has 2 aromatic carbocycles. The van der Waals surface area contributed by atoms with Crippen molar-refractivity contribution >= 4 is 11.5 Å². The van der Waals surface area contributed by atoms with Crippen LogP contribution in [0.4, 0.5) is 14.5 Å². The van der Waals surface area contributed by atoms with E-state index in [-0.39, 0.29) is 24.2 Å². The quantitative estimate of drug-likeness (QED) is 0.851. The fourth-order valence-corrected chi connectivity index (χ4v) is 2.02. The molecular formula is C16H15F2NO.